The standard InChI is InChI=1S/C7H8N2O4/c8-6-3-4(9(12)13)1-2-5(6)7(10)11/h1-2,6H,3,8H2,(H,10,11). The van der Waals surface area contributed by atoms with Crippen LogP contribution in [-0.2, 0) is 4.79 Å². The van der Waals surface area contributed by atoms with Crippen LogP contribution < -0.4 is 5.73 Å². The average Bonchev–Trinajstić information content (AvgIpc) is 2.03. The van der Waals surface area contributed by atoms with Crippen LogP contribution in [-0.4, -0.2) is 22.0 Å². The Morgan fingerprint density at radius 3 is 2.69 bits per heavy atom. The highest BCUT2D eigenvalue weighted by atomic mass is 16.6. The second-order valence-corrected chi connectivity index (χ2v) is 2.65. The number of nitro groups is 1. The van der Waals surface area contributed by atoms with Gasteiger partial charge >= 0.3 is 5.97 Å². The van der Waals surface area contributed by atoms with Crippen LogP contribution in [0.4, 0.5) is 0 Å². The van der Waals surface area contributed by atoms with Gasteiger partial charge in [0.2, 0.25) is 5.70 Å². The van der Waals surface area contributed by atoms with Gasteiger partial charge in [-0.2, -0.15) is 0 Å². The van der Waals surface area contributed by atoms with Crippen molar-refractivity contribution in [3.8, 4) is 0 Å². The minimum atomic E-state index is -1.13. The maximum atomic E-state index is 10.5. The number of nitrogens with two attached hydrogens (primary N) is 1. The maximum Gasteiger partial charge on any atom is 0.333 e. The van der Waals surface area contributed by atoms with Gasteiger partial charge in [0.05, 0.1) is 16.9 Å². The summed E-state index contributed by atoms with van der Waals surface area (Å²) in [6, 6.07) is -0.789. The van der Waals surface area contributed by atoms with E-state index in [0.717, 1.165) is 0 Å². The fraction of sp³-hybridized carbons (Fsp3) is 0.286. The molecule has 1 unspecified atom stereocenters. The molecule has 1 atom stereocenters. The number of hydrogen-bond donors (Lipinski definition) is 2. The number of carboxylic acid groups (broad SMARTS) is 1. The predicted octanol–water partition coefficient (Wildman–Crippen LogP) is -0.111. The van der Waals surface area contributed by atoms with E-state index in [1.54, 1.807) is 0 Å². The fourth-order valence-corrected chi connectivity index (χ4v) is 1.08. The summed E-state index contributed by atoms with van der Waals surface area (Å²) < 4.78 is 0. The number of allylic oxidation sites excluding steroid dienone is 2. The molecule has 13 heavy (non-hydrogen) atoms. The topological polar surface area (TPSA) is 106 Å². The van der Waals surface area contributed by atoms with Crippen molar-refractivity contribution >= 4 is 5.97 Å². The normalized spacial score (nSPS) is 21.8. The molecule has 0 fully saturated rings. The van der Waals surface area contributed by atoms with Crippen molar-refractivity contribution in [3.63, 3.8) is 0 Å². The number of hydrogen-bond acceptors (Lipinski definition) is 4. The monoisotopic (exact) mass is 184 g/mol. The molecule has 0 spiro atoms. The number of carboxylic acids is 1. The van der Waals surface area contributed by atoms with Crippen LogP contribution in [0.1, 0.15) is 6.42 Å². The van der Waals surface area contributed by atoms with Gasteiger partial charge in [0, 0.05) is 12.1 Å². The highest BCUT2D eigenvalue weighted by Gasteiger charge is 2.25. The Morgan fingerprint density at radius 2 is 2.31 bits per heavy atom. The molecule has 70 valence electrons. The molecule has 0 aromatic rings. The molecule has 0 saturated carbocycles. The van der Waals surface area contributed by atoms with Crippen LogP contribution in [0.25, 0.3) is 0 Å². The van der Waals surface area contributed by atoms with Gasteiger partial charge in [0.25, 0.3) is 0 Å². The zero-order chi connectivity index (χ0) is 10.0. The van der Waals surface area contributed by atoms with Crippen LogP contribution in [0, 0.1) is 10.1 Å². The zero-order valence-electron chi connectivity index (χ0n) is 6.64. The van der Waals surface area contributed by atoms with Crippen molar-refractivity contribution < 1.29 is 14.8 Å². The molecule has 0 saturated heterocycles. The Labute approximate surface area is 73.5 Å². The molecule has 1 aliphatic rings. The van der Waals surface area contributed by atoms with Crippen molar-refractivity contribution in [2.45, 2.75) is 12.5 Å². The Kier molecular flexibility index (Phi) is 2.43. The molecule has 0 aromatic carbocycles. The van der Waals surface area contributed by atoms with Gasteiger partial charge in [-0.15, -0.1) is 0 Å². The van der Waals surface area contributed by atoms with Gasteiger partial charge < -0.3 is 10.8 Å². The summed E-state index contributed by atoms with van der Waals surface area (Å²) in [5, 5.41) is 18.9. The summed E-state index contributed by atoms with van der Waals surface area (Å²) in [5.41, 5.74) is 5.36. The molecule has 3 N–H and O–H groups in total. The smallest absolute Gasteiger partial charge is 0.333 e. The van der Waals surface area contributed by atoms with E-state index in [1.165, 1.54) is 12.2 Å². The Hall–Kier alpha value is -1.69. The third-order valence-corrected chi connectivity index (χ3v) is 1.77. The van der Waals surface area contributed by atoms with Gasteiger partial charge in [-0.1, -0.05) is 0 Å². The summed E-state index contributed by atoms with van der Waals surface area (Å²) in [6.07, 6.45) is 2.31. The third kappa shape index (κ3) is 1.91. The fourth-order valence-electron chi connectivity index (χ4n) is 1.08. The van der Waals surface area contributed by atoms with E-state index in [2.05, 4.69) is 0 Å². The number of aliphatic carboxylic acids is 1. The first-order valence-corrected chi connectivity index (χ1v) is 3.56. The van der Waals surface area contributed by atoms with E-state index < -0.39 is 16.9 Å². The maximum absolute atomic E-state index is 10.5. The Balaban J connectivity index is 2.93. The molecule has 1 rings (SSSR count). The van der Waals surface area contributed by atoms with Gasteiger partial charge in [-0.25, -0.2) is 4.79 Å². The van der Waals surface area contributed by atoms with Crippen molar-refractivity contribution in [2.75, 3.05) is 0 Å². The predicted molar refractivity (Wildman–Crippen MR) is 43.4 cm³/mol. The van der Waals surface area contributed by atoms with E-state index in [1.807, 2.05) is 0 Å². The van der Waals surface area contributed by atoms with Crippen LogP contribution in [0.2, 0.25) is 0 Å². The van der Waals surface area contributed by atoms with Crippen molar-refractivity contribution in [2.24, 2.45) is 5.73 Å². The molecule has 0 radical (unpaired) electrons. The largest absolute Gasteiger partial charge is 0.478 e. The number of nitrogens with zero attached hydrogens (tertiary/aromatic N) is 1. The van der Waals surface area contributed by atoms with Crippen molar-refractivity contribution in [1.82, 2.24) is 0 Å². The molecule has 6 nitrogen and oxygen atoms in total. The lowest BCUT2D eigenvalue weighted by Gasteiger charge is -2.13. The number of rotatable bonds is 2. The lowest BCUT2D eigenvalue weighted by molar-refractivity contribution is -0.428. The SMILES string of the molecule is NC1CC([N+](=O)[O-])=CC=C1C(=O)O. The van der Waals surface area contributed by atoms with E-state index >= 15 is 0 Å². The first-order valence-electron chi connectivity index (χ1n) is 3.56. The zero-order valence-corrected chi connectivity index (χ0v) is 6.64. The highest BCUT2D eigenvalue weighted by Crippen LogP contribution is 2.17. The van der Waals surface area contributed by atoms with Crippen LogP contribution in [0.5, 0.6) is 0 Å². The summed E-state index contributed by atoms with van der Waals surface area (Å²) in [4.78, 5) is 20.2. The Bertz CT molecular complexity index is 318. The second-order valence-electron chi connectivity index (χ2n) is 2.65. The van der Waals surface area contributed by atoms with Crippen molar-refractivity contribution in [1.29, 1.82) is 0 Å². The highest BCUT2D eigenvalue weighted by molar-refractivity contribution is 5.88. The minimum absolute atomic E-state index is 0.00519. The summed E-state index contributed by atoms with van der Waals surface area (Å²) in [5.74, 6) is -1.13. The van der Waals surface area contributed by atoms with Crippen molar-refractivity contribution in [3.05, 3.63) is 33.5 Å². The molecule has 0 amide bonds. The summed E-state index contributed by atoms with van der Waals surface area (Å²) in [7, 11) is 0. The van der Waals surface area contributed by atoms with Gasteiger partial charge in [-0.05, 0) is 6.08 Å². The lowest BCUT2D eigenvalue weighted by atomic mass is 9.98. The van der Waals surface area contributed by atoms with E-state index in [9.17, 15) is 14.9 Å². The molecule has 0 aromatic heterocycles. The molecule has 6 heteroatoms. The van der Waals surface area contributed by atoms with E-state index in [0.29, 0.717) is 0 Å². The Morgan fingerprint density at radius 1 is 1.69 bits per heavy atom. The summed E-state index contributed by atoms with van der Waals surface area (Å²) >= 11 is 0. The lowest BCUT2D eigenvalue weighted by Crippen LogP contribution is -2.30. The minimum Gasteiger partial charge on any atom is -0.478 e. The van der Waals surface area contributed by atoms with Gasteiger partial charge in [0.15, 0.2) is 0 Å². The average molecular weight is 184 g/mol. The van der Waals surface area contributed by atoms with E-state index in [4.69, 9.17) is 10.8 Å². The van der Waals surface area contributed by atoms with Gasteiger partial charge in [0.1, 0.15) is 0 Å². The van der Waals surface area contributed by atoms with Gasteiger partial charge in [-0.3, -0.25) is 10.1 Å². The van der Waals surface area contributed by atoms with Crippen LogP contribution in [0.3, 0.4) is 0 Å². The first-order chi connectivity index (χ1) is 6.02. The molecular formula is C7H8N2O4. The second kappa shape index (κ2) is 3.36. The first kappa shape index (κ1) is 9.40. The number of carbonyl (C=O) groups is 1. The molecular weight excluding hydrogens is 176 g/mol. The quantitative estimate of drug-likeness (QED) is 0.460. The third-order valence-electron chi connectivity index (χ3n) is 1.77. The molecule has 0 aliphatic heterocycles. The molecule has 0 bridgehead atoms. The summed E-state index contributed by atoms with van der Waals surface area (Å²) in [6.45, 7) is 0. The molecule has 0 heterocycles. The molecule has 1 aliphatic carbocycles. The van der Waals surface area contributed by atoms with Crippen LogP contribution >= 0.6 is 0 Å². The van der Waals surface area contributed by atoms with Crippen LogP contribution in [0.15, 0.2) is 23.4 Å². The van der Waals surface area contributed by atoms with E-state index in [-0.39, 0.29) is 17.7 Å².